The lowest BCUT2D eigenvalue weighted by atomic mass is 10.2. The molecule has 0 saturated carbocycles. The molecular weight excluding hydrogens is 303 g/mol. The summed E-state index contributed by atoms with van der Waals surface area (Å²) in [6, 6.07) is 10.2. The Hall–Kier alpha value is -0.430. The SMILES string of the molecule is CCCCCCC(O)P(c1ccccc1)C(O)CCCCCC. The number of unbranched alkanes of at least 4 members (excludes halogenated alkanes) is 6. The molecule has 2 N–H and O–H groups in total. The number of aliphatic hydroxyl groups is 2. The van der Waals surface area contributed by atoms with Crippen molar-refractivity contribution in [1.29, 1.82) is 0 Å². The highest BCUT2D eigenvalue weighted by atomic mass is 31.1. The summed E-state index contributed by atoms with van der Waals surface area (Å²) in [5, 5.41) is 22.5. The van der Waals surface area contributed by atoms with Crippen LogP contribution in [0.1, 0.15) is 78.1 Å². The van der Waals surface area contributed by atoms with Crippen LogP contribution < -0.4 is 5.30 Å². The first-order chi connectivity index (χ1) is 11.2. The summed E-state index contributed by atoms with van der Waals surface area (Å²) in [4.78, 5) is 0. The maximum Gasteiger partial charge on any atom is 0.0797 e. The first-order valence-corrected chi connectivity index (χ1v) is 10.9. The smallest absolute Gasteiger partial charge is 0.0797 e. The molecule has 0 radical (unpaired) electrons. The molecule has 132 valence electrons. The average molecular weight is 338 g/mol. The molecular formula is C20H35O2P. The van der Waals surface area contributed by atoms with Crippen molar-refractivity contribution in [3.05, 3.63) is 30.3 Å². The van der Waals surface area contributed by atoms with Crippen LogP contribution in [-0.4, -0.2) is 21.9 Å². The summed E-state index contributed by atoms with van der Waals surface area (Å²) in [6.45, 7) is 4.40. The zero-order valence-corrected chi connectivity index (χ0v) is 15.8. The van der Waals surface area contributed by atoms with Gasteiger partial charge in [0.25, 0.3) is 0 Å². The van der Waals surface area contributed by atoms with E-state index in [9.17, 15) is 10.2 Å². The van der Waals surface area contributed by atoms with Gasteiger partial charge in [0.2, 0.25) is 0 Å². The van der Waals surface area contributed by atoms with Gasteiger partial charge >= 0.3 is 0 Å². The van der Waals surface area contributed by atoms with Gasteiger partial charge < -0.3 is 10.2 Å². The maximum atomic E-state index is 10.7. The molecule has 0 amide bonds. The quantitative estimate of drug-likeness (QED) is 0.375. The average Bonchev–Trinajstić information content (AvgIpc) is 2.57. The Balaban J connectivity index is 2.61. The van der Waals surface area contributed by atoms with Gasteiger partial charge in [0, 0.05) is 0 Å². The number of aliphatic hydroxyl groups excluding tert-OH is 2. The molecule has 1 aromatic carbocycles. The standard InChI is InChI=1S/C20H35O2P/c1-3-5-7-12-16-19(21)23(18-14-10-9-11-15-18)20(22)17-13-8-6-4-2/h9-11,14-15,19-22H,3-8,12-13,16-17H2,1-2H3. The van der Waals surface area contributed by atoms with Crippen LogP contribution in [0.25, 0.3) is 0 Å². The molecule has 0 spiro atoms. The monoisotopic (exact) mass is 338 g/mol. The predicted octanol–water partition coefficient (Wildman–Crippen LogP) is 5.37. The van der Waals surface area contributed by atoms with E-state index in [-0.39, 0.29) is 11.7 Å². The van der Waals surface area contributed by atoms with Crippen molar-refractivity contribution in [3.8, 4) is 0 Å². The molecule has 1 rings (SSSR count). The summed E-state index contributed by atoms with van der Waals surface area (Å²) in [5.41, 5.74) is 0. The number of benzene rings is 1. The lowest BCUT2D eigenvalue weighted by Gasteiger charge is -2.29. The molecule has 0 aliphatic heterocycles. The zero-order chi connectivity index (χ0) is 16.9. The number of rotatable bonds is 13. The van der Waals surface area contributed by atoms with Crippen LogP contribution in [0.2, 0.25) is 0 Å². The van der Waals surface area contributed by atoms with Crippen LogP contribution >= 0.6 is 7.92 Å². The Morgan fingerprint density at radius 1 is 0.739 bits per heavy atom. The predicted molar refractivity (Wildman–Crippen MR) is 103 cm³/mol. The topological polar surface area (TPSA) is 40.5 Å². The molecule has 0 heterocycles. The second-order valence-electron chi connectivity index (χ2n) is 6.40. The molecule has 0 aliphatic carbocycles. The van der Waals surface area contributed by atoms with Gasteiger partial charge in [-0.1, -0.05) is 95.5 Å². The summed E-state index contributed by atoms with van der Waals surface area (Å²) in [7, 11) is -0.909. The van der Waals surface area contributed by atoms with Gasteiger partial charge in [-0.25, -0.2) is 0 Å². The largest absolute Gasteiger partial charge is 0.388 e. The Bertz CT molecular complexity index is 364. The first kappa shape index (κ1) is 20.6. The summed E-state index contributed by atoms with van der Waals surface area (Å²) < 4.78 is 0. The van der Waals surface area contributed by atoms with E-state index in [1.54, 1.807) is 0 Å². The van der Waals surface area contributed by atoms with E-state index in [1.165, 1.54) is 38.5 Å². The lowest BCUT2D eigenvalue weighted by Crippen LogP contribution is -2.22. The van der Waals surface area contributed by atoms with E-state index in [2.05, 4.69) is 26.0 Å². The van der Waals surface area contributed by atoms with E-state index >= 15 is 0 Å². The third-order valence-corrected chi connectivity index (χ3v) is 7.02. The molecule has 0 aromatic heterocycles. The fourth-order valence-corrected chi connectivity index (χ4v) is 5.45. The lowest BCUT2D eigenvalue weighted by molar-refractivity contribution is 0.210. The first-order valence-electron chi connectivity index (χ1n) is 9.40. The van der Waals surface area contributed by atoms with Crippen molar-refractivity contribution in [3.63, 3.8) is 0 Å². The van der Waals surface area contributed by atoms with Crippen LogP contribution in [0.4, 0.5) is 0 Å². The van der Waals surface area contributed by atoms with Crippen LogP contribution in [0.3, 0.4) is 0 Å². The van der Waals surface area contributed by atoms with Gasteiger partial charge in [0.05, 0.1) is 11.7 Å². The minimum absolute atomic E-state index is 0.384. The molecule has 0 saturated heterocycles. The van der Waals surface area contributed by atoms with Crippen molar-refractivity contribution in [2.75, 3.05) is 0 Å². The van der Waals surface area contributed by atoms with Crippen LogP contribution in [-0.2, 0) is 0 Å². The molecule has 0 aliphatic rings. The fourth-order valence-electron chi connectivity index (χ4n) is 2.93. The summed E-state index contributed by atoms with van der Waals surface area (Å²) in [5.74, 6) is -0.768. The van der Waals surface area contributed by atoms with E-state index in [4.69, 9.17) is 0 Å². The Kier molecular flexibility index (Phi) is 11.6. The second kappa shape index (κ2) is 12.9. The van der Waals surface area contributed by atoms with Crippen molar-refractivity contribution >= 4 is 13.2 Å². The van der Waals surface area contributed by atoms with E-state index in [0.29, 0.717) is 0 Å². The normalized spacial score (nSPS) is 15.3. The van der Waals surface area contributed by atoms with Gasteiger partial charge in [-0.15, -0.1) is 0 Å². The summed E-state index contributed by atoms with van der Waals surface area (Å²) in [6.07, 6.45) is 11.0. The van der Waals surface area contributed by atoms with Gasteiger partial charge in [-0.2, -0.15) is 0 Å². The number of hydrogen-bond acceptors (Lipinski definition) is 2. The van der Waals surface area contributed by atoms with E-state index in [1.807, 2.05) is 18.2 Å². The molecule has 0 bridgehead atoms. The van der Waals surface area contributed by atoms with E-state index < -0.39 is 7.92 Å². The Labute approximate surface area is 144 Å². The van der Waals surface area contributed by atoms with Crippen LogP contribution in [0.5, 0.6) is 0 Å². The highest BCUT2D eigenvalue weighted by Crippen LogP contribution is 2.46. The summed E-state index contributed by atoms with van der Waals surface area (Å²) >= 11 is 0. The molecule has 1 aromatic rings. The fraction of sp³-hybridized carbons (Fsp3) is 0.700. The third kappa shape index (κ3) is 8.29. The van der Waals surface area contributed by atoms with Gasteiger partial charge in [0.15, 0.2) is 0 Å². The molecule has 0 fully saturated rings. The molecule has 2 atom stereocenters. The minimum atomic E-state index is -0.909. The van der Waals surface area contributed by atoms with Crippen molar-refractivity contribution in [2.45, 2.75) is 89.7 Å². The molecule has 2 unspecified atom stereocenters. The van der Waals surface area contributed by atoms with E-state index in [0.717, 1.165) is 31.0 Å². The van der Waals surface area contributed by atoms with Crippen molar-refractivity contribution in [1.82, 2.24) is 0 Å². The molecule has 3 heteroatoms. The van der Waals surface area contributed by atoms with Crippen molar-refractivity contribution < 1.29 is 10.2 Å². The maximum absolute atomic E-state index is 10.7. The second-order valence-corrected chi connectivity index (χ2v) is 8.93. The highest BCUT2D eigenvalue weighted by molar-refractivity contribution is 7.66. The van der Waals surface area contributed by atoms with Gasteiger partial charge in [0.1, 0.15) is 0 Å². The van der Waals surface area contributed by atoms with Gasteiger partial charge in [-0.05, 0) is 26.1 Å². The zero-order valence-electron chi connectivity index (χ0n) is 15.0. The van der Waals surface area contributed by atoms with Crippen LogP contribution in [0.15, 0.2) is 30.3 Å². The Morgan fingerprint density at radius 3 is 1.65 bits per heavy atom. The van der Waals surface area contributed by atoms with Gasteiger partial charge in [-0.3, -0.25) is 0 Å². The van der Waals surface area contributed by atoms with Crippen LogP contribution in [0, 0.1) is 0 Å². The Morgan fingerprint density at radius 2 is 1.22 bits per heavy atom. The minimum Gasteiger partial charge on any atom is -0.388 e. The number of hydrogen-bond donors (Lipinski definition) is 2. The highest BCUT2D eigenvalue weighted by Gasteiger charge is 2.27. The van der Waals surface area contributed by atoms with Crippen molar-refractivity contribution in [2.24, 2.45) is 0 Å². The molecule has 2 nitrogen and oxygen atoms in total. The third-order valence-electron chi connectivity index (χ3n) is 4.33. The molecule has 23 heavy (non-hydrogen) atoms.